The number of likely N-dealkylation sites (N-methyl/N-ethyl adjacent to an activating group) is 1. The first-order valence-electron chi connectivity index (χ1n) is 6.59. The highest BCUT2D eigenvalue weighted by atomic mass is 15.2. The molecule has 1 aromatic rings. The van der Waals surface area contributed by atoms with Crippen molar-refractivity contribution < 1.29 is 0 Å². The van der Waals surface area contributed by atoms with Crippen LogP contribution in [0.25, 0.3) is 0 Å². The first-order valence-corrected chi connectivity index (χ1v) is 6.59. The first kappa shape index (κ1) is 14.2. The van der Waals surface area contributed by atoms with Gasteiger partial charge in [-0.1, -0.05) is 44.2 Å². The number of nitrogens with two attached hydrogens (primary N) is 1. The van der Waals surface area contributed by atoms with Crippen LogP contribution in [-0.2, 0) is 6.54 Å². The molecule has 0 spiro atoms. The van der Waals surface area contributed by atoms with Gasteiger partial charge >= 0.3 is 0 Å². The largest absolute Gasteiger partial charge is 0.326 e. The lowest BCUT2D eigenvalue weighted by Crippen LogP contribution is -2.56. The van der Waals surface area contributed by atoms with Gasteiger partial charge in [0, 0.05) is 18.1 Å². The van der Waals surface area contributed by atoms with Crippen molar-refractivity contribution in [1.82, 2.24) is 4.90 Å². The third-order valence-corrected chi connectivity index (χ3v) is 4.02. The van der Waals surface area contributed by atoms with E-state index in [1.54, 1.807) is 0 Å². The van der Waals surface area contributed by atoms with E-state index < -0.39 is 0 Å². The van der Waals surface area contributed by atoms with Crippen LogP contribution in [-0.4, -0.2) is 23.0 Å². The minimum atomic E-state index is 0.0740. The van der Waals surface area contributed by atoms with Gasteiger partial charge in [-0.15, -0.1) is 0 Å². The molecular weight excluding hydrogens is 208 g/mol. The van der Waals surface area contributed by atoms with Crippen molar-refractivity contribution in [2.75, 3.05) is 6.54 Å². The van der Waals surface area contributed by atoms with Gasteiger partial charge in [0.15, 0.2) is 0 Å². The van der Waals surface area contributed by atoms with E-state index in [2.05, 4.69) is 62.9 Å². The fourth-order valence-corrected chi connectivity index (χ4v) is 2.29. The Morgan fingerprint density at radius 2 is 1.82 bits per heavy atom. The Kier molecular flexibility index (Phi) is 5.16. The molecule has 0 saturated heterocycles. The van der Waals surface area contributed by atoms with Gasteiger partial charge in [0.25, 0.3) is 0 Å². The molecule has 0 aromatic heterocycles. The molecule has 17 heavy (non-hydrogen) atoms. The van der Waals surface area contributed by atoms with Gasteiger partial charge in [0.2, 0.25) is 0 Å². The molecule has 2 unspecified atom stereocenters. The molecule has 0 fully saturated rings. The Morgan fingerprint density at radius 1 is 1.24 bits per heavy atom. The molecule has 0 bridgehead atoms. The quantitative estimate of drug-likeness (QED) is 0.820. The van der Waals surface area contributed by atoms with Crippen LogP contribution in [0.5, 0.6) is 0 Å². The molecule has 2 atom stereocenters. The van der Waals surface area contributed by atoms with Crippen LogP contribution in [0.2, 0.25) is 0 Å². The predicted molar refractivity (Wildman–Crippen MR) is 74.9 cm³/mol. The highest BCUT2D eigenvalue weighted by Gasteiger charge is 2.32. The average molecular weight is 234 g/mol. The van der Waals surface area contributed by atoms with Crippen LogP contribution in [0.4, 0.5) is 0 Å². The van der Waals surface area contributed by atoms with E-state index in [1.807, 2.05) is 0 Å². The normalized spacial score (nSPS) is 16.8. The van der Waals surface area contributed by atoms with Crippen LogP contribution in [0.1, 0.15) is 39.7 Å². The zero-order valence-electron chi connectivity index (χ0n) is 11.6. The number of hydrogen-bond donors (Lipinski definition) is 1. The van der Waals surface area contributed by atoms with E-state index in [9.17, 15) is 0 Å². The molecule has 2 N–H and O–H groups in total. The van der Waals surface area contributed by atoms with Crippen molar-refractivity contribution in [2.24, 2.45) is 5.73 Å². The maximum absolute atomic E-state index is 6.17. The molecule has 0 amide bonds. The fraction of sp³-hybridized carbons (Fsp3) is 0.600. The standard InChI is InChI=1S/C15H26N2/c1-5-15(4,13(3)16)17(6-2)12-14-10-8-7-9-11-14/h7-11,13H,5-6,12,16H2,1-4H3. The minimum Gasteiger partial charge on any atom is -0.326 e. The third kappa shape index (κ3) is 3.30. The summed E-state index contributed by atoms with van der Waals surface area (Å²) >= 11 is 0. The van der Waals surface area contributed by atoms with E-state index >= 15 is 0 Å². The van der Waals surface area contributed by atoms with Crippen molar-refractivity contribution >= 4 is 0 Å². The lowest BCUT2D eigenvalue weighted by Gasteiger charge is -2.43. The molecule has 96 valence electrons. The van der Waals surface area contributed by atoms with Crippen LogP contribution < -0.4 is 5.73 Å². The van der Waals surface area contributed by atoms with Crippen molar-refractivity contribution in [1.29, 1.82) is 0 Å². The molecule has 0 aliphatic heterocycles. The molecule has 2 nitrogen and oxygen atoms in total. The van der Waals surface area contributed by atoms with Gasteiger partial charge in [-0.2, -0.15) is 0 Å². The summed E-state index contributed by atoms with van der Waals surface area (Å²) < 4.78 is 0. The number of hydrogen-bond acceptors (Lipinski definition) is 2. The predicted octanol–water partition coefficient (Wildman–Crippen LogP) is 3.02. The third-order valence-electron chi connectivity index (χ3n) is 4.02. The zero-order chi connectivity index (χ0) is 12.9. The first-order chi connectivity index (χ1) is 8.04. The lowest BCUT2D eigenvalue weighted by molar-refractivity contribution is 0.0764. The van der Waals surface area contributed by atoms with Crippen LogP contribution in [0, 0.1) is 0 Å². The van der Waals surface area contributed by atoms with Crippen molar-refractivity contribution in [2.45, 2.75) is 52.2 Å². The molecule has 2 heteroatoms. The monoisotopic (exact) mass is 234 g/mol. The van der Waals surface area contributed by atoms with E-state index in [0.29, 0.717) is 0 Å². The molecule has 0 heterocycles. The summed E-state index contributed by atoms with van der Waals surface area (Å²) in [6.45, 7) is 10.8. The van der Waals surface area contributed by atoms with Gasteiger partial charge in [-0.25, -0.2) is 0 Å². The van der Waals surface area contributed by atoms with Gasteiger partial charge in [0.05, 0.1) is 0 Å². The highest BCUT2D eigenvalue weighted by Crippen LogP contribution is 2.24. The fourth-order valence-electron chi connectivity index (χ4n) is 2.29. The molecule has 1 aromatic carbocycles. The zero-order valence-corrected chi connectivity index (χ0v) is 11.6. The summed E-state index contributed by atoms with van der Waals surface area (Å²) in [6.07, 6.45) is 1.07. The summed E-state index contributed by atoms with van der Waals surface area (Å²) in [5.41, 5.74) is 7.60. The van der Waals surface area contributed by atoms with Crippen LogP contribution in [0.15, 0.2) is 30.3 Å². The molecule has 0 aliphatic rings. The second-order valence-electron chi connectivity index (χ2n) is 5.00. The van der Waals surface area contributed by atoms with E-state index in [1.165, 1.54) is 5.56 Å². The highest BCUT2D eigenvalue weighted by molar-refractivity contribution is 5.15. The molecule has 0 radical (unpaired) electrons. The molecule has 0 aliphatic carbocycles. The van der Waals surface area contributed by atoms with Gasteiger partial charge in [-0.3, -0.25) is 4.90 Å². The summed E-state index contributed by atoms with van der Waals surface area (Å²) in [5, 5.41) is 0. The Balaban J connectivity index is 2.84. The number of nitrogens with zero attached hydrogens (tertiary/aromatic N) is 1. The molecular formula is C15H26N2. The Labute approximate surface area is 106 Å². The van der Waals surface area contributed by atoms with Crippen molar-refractivity contribution in [3.05, 3.63) is 35.9 Å². The minimum absolute atomic E-state index is 0.0740. The maximum atomic E-state index is 6.17. The SMILES string of the molecule is CCN(Cc1ccccc1)C(C)(CC)C(C)N. The topological polar surface area (TPSA) is 29.3 Å². The summed E-state index contributed by atoms with van der Waals surface area (Å²) in [7, 11) is 0. The number of benzene rings is 1. The molecule has 1 rings (SSSR count). The van der Waals surface area contributed by atoms with Gasteiger partial charge < -0.3 is 5.73 Å². The summed E-state index contributed by atoms with van der Waals surface area (Å²) in [6, 6.07) is 10.8. The molecule has 0 saturated carbocycles. The van der Waals surface area contributed by atoms with E-state index in [0.717, 1.165) is 19.5 Å². The van der Waals surface area contributed by atoms with Gasteiger partial charge in [0.1, 0.15) is 0 Å². The smallest absolute Gasteiger partial charge is 0.0330 e. The summed E-state index contributed by atoms with van der Waals surface area (Å²) in [5.74, 6) is 0. The Hall–Kier alpha value is -0.860. The van der Waals surface area contributed by atoms with E-state index in [-0.39, 0.29) is 11.6 Å². The maximum Gasteiger partial charge on any atom is 0.0330 e. The van der Waals surface area contributed by atoms with Crippen molar-refractivity contribution in [3.8, 4) is 0 Å². The average Bonchev–Trinajstić information content (AvgIpc) is 2.36. The lowest BCUT2D eigenvalue weighted by atomic mass is 9.88. The van der Waals surface area contributed by atoms with Gasteiger partial charge in [-0.05, 0) is 32.4 Å². The second kappa shape index (κ2) is 6.18. The van der Waals surface area contributed by atoms with Crippen LogP contribution >= 0.6 is 0 Å². The summed E-state index contributed by atoms with van der Waals surface area (Å²) in [4.78, 5) is 2.48. The van der Waals surface area contributed by atoms with Crippen molar-refractivity contribution in [3.63, 3.8) is 0 Å². The Morgan fingerprint density at radius 3 is 2.24 bits per heavy atom. The van der Waals surface area contributed by atoms with Crippen LogP contribution in [0.3, 0.4) is 0 Å². The second-order valence-corrected chi connectivity index (χ2v) is 5.00. The van der Waals surface area contributed by atoms with E-state index in [4.69, 9.17) is 5.73 Å². The Bertz CT molecular complexity index is 321. The number of rotatable bonds is 6.